The molecule has 1 unspecified atom stereocenters. The molecule has 1 aromatic heterocycles. The molecule has 1 aliphatic rings. The minimum Gasteiger partial charge on any atom is -0.488 e. The molecule has 0 spiro atoms. The Hall–Kier alpha value is -3.67. The number of ether oxygens (including phenoxy) is 2. The summed E-state index contributed by atoms with van der Waals surface area (Å²) in [6, 6.07) is 15.3. The van der Waals surface area contributed by atoms with E-state index in [0.717, 1.165) is 16.7 Å². The molecule has 1 amide bonds. The normalized spacial score (nSPS) is 12.8. The molecule has 140 valence electrons. The van der Waals surface area contributed by atoms with Crippen LogP contribution >= 0.6 is 0 Å². The van der Waals surface area contributed by atoms with Crippen LogP contribution in [0.5, 0.6) is 5.75 Å². The minimum absolute atomic E-state index is 0.383. The average Bonchev–Trinajstić information content (AvgIpc) is 2.76. The van der Waals surface area contributed by atoms with Gasteiger partial charge in [-0.05, 0) is 35.4 Å². The van der Waals surface area contributed by atoms with Gasteiger partial charge < -0.3 is 14.8 Å². The summed E-state index contributed by atoms with van der Waals surface area (Å²) in [5.74, 6) is -0.290. The van der Waals surface area contributed by atoms with E-state index < -0.39 is 12.0 Å². The maximum Gasteiger partial charge on any atom is 0.333 e. The largest absolute Gasteiger partial charge is 0.488 e. The minimum atomic E-state index is -0.887. The molecule has 1 atom stereocenters. The molecule has 0 aliphatic carbocycles. The Morgan fingerprint density at radius 3 is 2.71 bits per heavy atom. The first kappa shape index (κ1) is 17.7. The number of benzene rings is 2. The first-order valence-electron chi connectivity index (χ1n) is 8.81. The van der Waals surface area contributed by atoms with Crippen LogP contribution in [-0.2, 0) is 16.1 Å². The highest BCUT2D eigenvalue weighted by atomic mass is 16.5. The number of hydrogen-bond donors (Lipinski definition) is 1. The Kier molecular flexibility index (Phi) is 4.76. The summed E-state index contributed by atoms with van der Waals surface area (Å²) in [7, 11) is 1.30. The van der Waals surface area contributed by atoms with E-state index in [9.17, 15) is 9.59 Å². The van der Waals surface area contributed by atoms with Crippen LogP contribution in [0.4, 0.5) is 0 Å². The van der Waals surface area contributed by atoms with Crippen molar-refractivity contribution in [3.63, 3.8) is 0 Å². The van der Waals surface area contributed by atoms with Crippen LogP contribution < -0.4 is 10.1 Å². The Bertz CT molecular complexity index is 1030. The van der Waals surface area contributed by atoms with Gasteiger partial charge >= 0.3 is 5.97 Å². The fourth-order valence-corrected chi connectivity index (χ4v) is 3.22. The summed E-state index contributed by atoms with van der Waals surface area (Å²) >= 11 is 0. The van der Waals surface area contributed by atoms with E-state index in [1.807, 2.05) is 18.2 Å². The second-order valence-corrected chi connectivity index (χ2v) is 6.37. The number of carbonyl (C=O) groups excluding carboxylic acids is 2. The summed E-state index contributed by atoms with van der Waals surface area (Å²) in [5, 5.41) is 2.75. The van der Waals surface area contributed by atoms with Crippen LogP contribution in [0.25, 0.3) is 11.1 Å². The maximum absolute atomic E-state index is 12.8. The molecule has 1 N–H and O–H groups in total. The molecule has 3 aromatic rings. The Balaban J connectivity index is 1.61. The van der Waals surface area contributed by atoms with Gasteiger partial charge in [0, 0.05) is 29.1 Å². The summed E-state index contributed by atoms with van der Waals surface area (Å²) in [6.45, 7) is 0.399. The summed E-state index contributed by atoms with van der Waals surface area (Å²) in [6.07, 6.45) is 3.51. The van der Waals surface area contributed by atoms with E-state index in [-0.39, 0.29) is 5.91 Å². The first-order chi connectivity index (χ1) is 13.7. The van der Waals surface area contributed by atoms with Crippen LogP contribution in [0.1, 0.15) is 27.5 Å². The number of rotatable bonds is 4. The molecule has 4 rings (SSSR count). The third-order valence-electron chi connectivity index (χ3n) is 4.67. The standard InChI is InChI=1S/C22H18N2O4/c1-27-22(26)20(14-5-3-2-4-6-14)24-21(25)15-7-8-18-17-9-10-23-12-16(17)13-28-19(18)11-15/h2-12,20H,13H2,1H3,(H,24,25). The van der Waals surface area contributed by atoms with Crippen LogP contribution in [0.2, 0.25) is 0 Å². The van der Waals surface area contributed by atoms with Gasteiger partial charge in [-0.3, -0.25) is 9.78 Å². The van der Waals surface area contributed by atoms with E-state index in [4.69, 9.17) is 9.47 Å². The number of pyridine rings is 1. The first-order valence-corrected chi connectivity index (χ1v) is 8.81. The van der Waals surface area contributed by atoms with Gasteiger partial charge in [0.15, 0.2) is 6.04 Å². The number of aromatic nitrogens is 1. The Morgan fingerprint density at radius 2 is 1.93 bits per heavy atom. The second kappa shape index (κ2) is 7.52. The van der Waals surface area contributed by atoms with E-state index >= 15 is 0 Å². The molecule has 0 bridgehead atoms. The van der Waals surface area contributed by atoms with Crippen molar-refractivity contribution < 1.29 is 19.1 Å². The lowest BCUT2D eigenvalue weighted by Crippen LogP contribution is -2.34. The molecular formula is C22H18N2O4. The molecule has 2 heterocycles. The number of carbonyl (C=O) groups is 2. The van der Waals surface area contributed by atoms with Crippen LogP contribution in [-0.4, -0.2) is 24.0 Å². The monoisotopic (exact) mass is 374 g/mol. The molecule has 6 nitrogen and oxygen atoms in total. The zero-order valence-corrected chi connectivity index (χ0v) is 15.2. The molecule has 1 aliphatic heterocycles. The van der Waals surface area contributed by atoms with Gasteiger partial charge in [0.1, 0.15) is 12.4 Å². The molecule has 28 heavy (non-hydrogen) atoms. The second-order valence-electron chi connectivity index (χ2n) is 6.37. The molecule has 0 saturated carbocycles. The van der Waals surface area contributed by atoms with Crippen molar-refractivity contribution in [2.24, 2.45) is 0 Å². The lowest BCUT2D eigenvalue weighted by molar-refractivity contribution is -0.143. The van der Waals surface area contributed by atoms with Crippen molar-refractivity contribution in [2.75, 3.05) is 7.11 Å². The predicted octanol–water partition coefficient (Wildman–Crippen LogP) is 3.29. The lowest BCUT2D eigenvalue weighted by Gasteiger charge is -2.21. The number of methoxy groups -OCH3 is 1. The smallest absolute Gasteiger partial charge is 0.333 e. The fourth-order valence-electron chi connectivity index (χ4n) is 3.22. The fraction of sp³-hybridized carbons (Fsp3) is 0.136. The van der Waals surface area contributed by atoms with Gasteiger partial charge in [0.2, 0.25) is 0 Å². The van der Waals surface area contributed by atoms with E-state index in [1.54, 1.807) is 48.8 Å². The third kappa shape index (κ3) is 3.32. The Morgan fingerprint density at radius 1 is 1.11 bits per heavy atom. The van der Waals surface area contributed by atoms with Gasteiger partial charge in [-0.1, -0.05) is 30.3 Å². The highest BCUT2D eigenvalue weighted by Gasteiger charge is 2.25. The van der Waals surface area contributed by atoms with E-state index in [2.05, 4.69) is 10.3 Å². The predicted molar refractivity (Wildman–Crippen MR) is 103 cm³/mol. The van der Waals surface area contributed by atoms with Gasteiger partial charge in [-0.2, -0.15) is 0 Å². The number of fused-ring (bicyclic) bond motifs is 3. The summed E-state index contributed by atoms with van der Waals surface area (Å²) in [4.78, 5) is 29.1. The van der Waals surface area contributed by atoms with E-state index in [1.165, 1.54) is 7.11 Å². The molecular weight excluding hydrogens is 356 g/mol. The lowest BCUT2D eigenvalue weighted by atomic mass is 9.97. The number of nitrogens with one attached hydrogen (secondary N) is 1. The van der Waals surface area contributed by atoms with Crippen molar-refractivity contribution in [1.29, 1.82) is 0 Å². The van der Waals surface area contributed by atoms with Gasteiger partial charge in [0.05, 0.1) is 7.11 Å². The number of esters is 1. The average molecular weight is 374 g/mol. The van der Waals surface area contributed by atoms with Crippen LogP contribution in [0, 0.1) is 0 Å². The molecule has 0 saturated heterocycles. The van der Waals surface area contributed by atoms with Gasteiger partial charge in [-0.25, -0.2) is 4.79 Å². The van der Waals surface area contributed by atoms with Crippen molar-refractivity contribution >= 4 is 11.9 Å². The maximum atomic E-state index is 12.8. The van der Waals surface area contributed by atoms with Gasteiger partial charge in [-0.15, -0.1) is 0 Å². The topological polar surface area (TPSA) is 77.5 Å². The van der Waals surface area contributed by atoms with E-state index in [0.29, 0.717) is 23.5 Å². The summed E-state index contributed by atoms with van der Waals surface area (Å²) in [5.41, 5.74) is 4.01. The van der Waals surface area contributed by atoms with Crippen LogP contribution in [0.15, 0.2) is 67.0 Å². The molecule has 0 radical (unpaired) electrons. The summed E-state index contributed by atoms with van der Waals surface area (Å²) < 4.78 is 10.6. The zero-order valence-electron chi connectivity index (χ0n) is 15.2. The SMILES string of the molecule is COC(=O)C(NC(=O)c1ccc2c(c1)OCc1cnccc1-2)c1ccccc1. The number of amides is 1. The number of hydrogen-bond acceptors (Lipinski definition) is 5. The van der Waals surface area contributed by atoms with Gasteiger partial charge in [0.25, 0.3) is 5.91 Å². The van der Waals surface area contributed by atoms with Crippen molar-refractivity contribution in [1.82, 2.24) is 10.3 Å². The van der Waals surface area contributed by atoms with Crippen molar-refractivity contribution in [3.8, 4) is 16.9 Å². The van der Waals surface area contributed by atoms with Crippen molar-refractivity contribution in [3.05, 3.63) is 83.7 Å². The highest BCUT2D eigenvalue weighted by Crippen LogP contribution is 2.37. The quantitative estimate of drug-likeness (QED) is 0.709. The molecule has 0 fully saturated rings. The third-order valence-corrected chi connectivity index (χ3v) is 4.67. The Labute approximate surface area is 162 Å². The number of nitrogens with zero attached hydrogens (tertiary/aromatic N) is 1. The van der Waals surface area contributed by atoms with Crippen LogP contribution in [0.3, 0.4) is 0 Å². The molecule has 6 heteroatoms. The highest BCUT2D eigenvalue weighted by molar-refractivity contribution is 5.98. The molecule has 2 aromatic carbocycles. The zero-order chi connectivity index (χ0) is 19.5. The van der Waals surface area contributed by atoms with Crippen molar-refractivity contribution in [2.45, 2.75) is 12.6 Å².